The molecule has 8 heteroatoms. The summed E-state index contributed by atoms with van der Waals surface area (Å²) in [4.78, 5) is 0. The van der Waals surface area contributed by atoms with E-state index in [-0.39, 0.29) is 6.54 Å². The monoisotopic (exact) mass is 239 g/mol. The zero-order chi connectivity index (χ0) is 10.7. The van der Waals surface area contributed by atoms with Crippen molar-refractivity contribution in [2.45, 2.75) is 13.1 Å². The van der Waals surface area contributed by atoms with E-state index in [0.29, 0.717) is 4.31 Å². The third kappa shape index (κ3) is 4.68. The first-order valence-corrected chi connectivity index (χ1v) is 5.48. The Kier molecular flexibility index (Phi) is 4.47. The minimum atomic E-state index is -4.53. The second-order valence-electron chi connectivity index (χ2n) is 2.26. The van der Waals surface area contributed by atoms with Crippen LogP contribution in [-0.4, -0.2) is 37.2 Å². The first-order valence-electron chi connectivity index (χ1n) is 3.33. The molecule has 0 atom stereocenters. The highest BCUT2D eigenvalue weighted by Gasteiger charge is 2.34. The Morgan fingerprint density at radius 2 is 1.85 bits per heavy atom. The van der Waals surface area contributed by atoms with Crippen LogP contribution in [-0.2, 0) is 10.0 Å². The lowest BCUT2D eigenvalue weighted by atomic mass is 10.6. The summed E-state index contributed by atoms with van der Waals surface area (Å²) < 4.78 is 57.5. The molecule has 0 aromatic carbocycles. The third-order valence-electron chi connectivity index (χ3n) is 1.24. The number of sulfonamides is 1. The van der Waals surface area contributed by atoms with Gasteiger partial charge in [-0.25, -0.2) is 8.42 Å². The van der Waals surface area contributed by atoms with Gasteiger partial charge in [-0.3, -0.25) is 0 Å². The van der Waals surface area contributed by atoms with Crippen LogP contribution in [0.25, 0.3) is 0 Å². The summed E-state index contributed by atoms with van der Waals surface area (Å²) in [7, 11) is -3.96. The molecule has 0 amide bonds. The largest absolute Gasteiger partial charge is 0.402 e. The molecule has 0 saturated carbocycles. The first kappa shape index (κ1) is 13.0. The van der Waals surface area contributed by atoms with Crippen LogP contribution in [0.4, 0.5) is 13.2 Å². The van der Waals surface area contributed by atoms with Gasteiger partial charge in [0.2, 0.25) is 10.0 Å². The highest BCUT2D eigenvalue weighted by atomic mass is 35.5. The average molecular weight is 240 g/mol. The summed E-state index contributed by atoms with van der Waals surface area (Å²) in [5, 5.41) is -0.836. The zero-order valence-corrected chi connectivity index (χ0v) is 8.38. The van der Waals surface area contributed by atoms with Crippen molar-refractivity contribution in [2.24, 2.45) is 0 Å². The molecule has 13 heavy (non-hydrogen) atoms. The van der Waals surface area contributed by atoms with Gasteiger partial charge >= 0.3 is 6.18 Å². The van der Waals surface area contributed by atoms with Gasteiger partial charge in [0.25, 0.3) is 0 Å². The van der Waals surface area contributed by atoms with Crippen molar-refractivity contribution in [1.29, 1.82) is 0 Å². The van der Waals surface area contributed by atoms with Crippen LogP contribution in [0, 0.1) is 0 Å². The van der Waals surface area contributed by atoms with Crippen LogP contribution in [0.5, 0.6) is 0 Å². The topological polar surface area (TPSA) is 37.4 Å². The molecule has 0 aromatic heterocycles. The van der Waals surface area contributed by atoms with Crippen LogP contribution < -0.4 is 0 Å². The molecule has 0 saturated heterocycles. The summed E-state index contributed by atoms with van der Waals surface area (Å²) in [6.07, 6.45) is -4.53. The molecule has 0 unspecified atom stereocenters. The van der Waals surface area contributed by atoms with Crippen LogP contribution in [0.3, 0.4) is 0 Å². The van der Waals surface area contributed by atoms with E-state index in [9.17, 15) is 21.6 Å². The summed E-state index contributed by atoms with van der Waals surface area (Å²) in [6.45, 7) is -0.414. The molecule has 0 aromatic rings. The molecule has 0 aliphatic rings. The van der Waals surface area contributed by atoms with Crippen molar-refractivity contribution in [3.63, 3.8) is 0 Å². The van der Waals surface area contributed by atoms with Crippen LogP contribution in [0.2, 0.25) is 0 Å². The molecule has 80 valence electrons. The molecule has 0 rings (SSSR count). The third-order valence-corrected chi connectivity index (χ3v) is 3.52. The summed E-state index contributed by atoms with van der Waals surface area (Å²) in [5.41, 5.74) is 0. The fourth-order valence-electron chi connectivity index (χ4n) is 0.676. The molecule has 0 radical (unpaired) electrons. The second kappa shape index (κ2) is 4.47. The predicted octanol–water partition coefficient (Wildman–Crippen LogP) is 1.40. The Hall–Kier alpha value is -0.0100. The van der Waals surface area contributed by atoms with Crippen molar-refractivity contribution in [3.8, 4) is 0 Å². The first-order chi connectivity index (χ1) is 5.73. The maximum absolute atomic E-state index is 11.8. The molecule has 0 fully saturated rings. The lowest BCUT2D eigenvalue weighted by molar-refractivity contribution is -0.135. The molecule has 0 bridgehead atoms. The maximum Gasteiger partial charge on any atom is 0.402 e. The Labute approximate surface area is 79.5 Å². The van der Waals surface area contributed by atoms with Crippen molar-refractivity contribution in [1.82, 2.24) is 4.31 Å². The standard InChI is InChI=1S/C5H9ClF3NO2S/c1-2-10(3-5(7,8)9)13(11,12)4-6/h2-4H2,1H3. The van der Waals surface area contributed by atoms with Gasteiger partial charge in [-0.2, -0.15) is 17.5 Å². The van der Waals surface area contributed by atoms with E-state index < -0.39 is 28.0 Å². The van der Waals surface area contributed by atoms with Gasteiger partial charge in [-0.1, -0.05) is 6.92 Å². The molecular formula is C5H9ClF3NO2S. The highest BCUT2D eigenvalue weighted by Crippen LogP contribution is 2.18. The number of alkyl halides is 4. The van der Waals surface area contributed by atoms with E-state index in [2.05, 4.69) is 0 Å². The van der Waals surface area contributed by atoms with Crippen LogP contribution in [0.1, 0.15) is 6.92 Å². The second-order valence-corrected chi connectivity index (χ2v) is 4.82. The molecule has 0 N–H and O–H groups in total. The van der Waals surface area contributed by atoms with E-state index in [4.69, 9.17) is 11.6 Å². The fourth-order valence-corrected chi connectivity index (χ4v) is 1.96. The van der Waals surface area contributed by atoms with Gasteiger partial charge in [0.05, 0.1) is 0 Å². The minimum Gasteiger partial charge on any atom is -0.211 e. The Bertz CT molecular complexity index is 251. The van der Waals surface area contributed by atoms with Gasteiger partial charge in [0.15, 0.2) is 0 Å². The normalized spacial score (nSPS) is 13.7. The van der Waals surface area contributed by atoms with E-state index in [1.54, 1.807) is 0 Å². The highest BCUT2D eigenvalue weighted by molar-refractivity contribution is 7.90. The molecule has 0 aliphatic heterocycles. The van der Waals surface area contributed by atoms with E-state index in [1.807, 2.05) is 0 Å². The van der Waals surface area contributed by atoms with Crippen LogP contribution in [0.15, 0.2) is 0 Å². The smallest absolute Gasteiger partial charge is 0.211 e. The fraction of sp³-hybridized carbons (Fsp3) is 1.00. The summed E-state index contributed by atoms with van der Waals surface area (Å²) in [5.74, 6) is 0. The van der Waals surface area contributed by atoms with Crippen molar-refractivity contribution < 1.29 is 21.6 Å². The zero-order valence-electron chi connectivity index (χ0n) is 6.81. The summed E-state index contributed by atoms with van der Waals surface area (Å²) in [6, 6.07) is 0. The van der Waals surface area contributed by atoms with Gasteiger partial charge in [0, 0.05) is 6.54 Å². The minimum absolute atomic E-state index is 0.242. The SMILES string of the molecule is CCN(CC(F)(F)F)S(=O)(=O)CCl. The summed E-state index contributed by atoms with van der Waals surface area (Å²) >= 11 is 5.00. The van der Waals surface area contributed by atoms with Gasteiger partial charge in [-0.15, -0.1) is 11.6 Å². The quantitative estimate of drug-likeness (QED) is 0.696. The Morgan fingerprint density at radius 3 is 2.08 bits per heavy atom. The molecular weight excluding hydrogens is 231 g/mol. The van der Waals surface area contributed by atoms with Crippen LogP contribution >= 0.6 is 11.6 Å². The number of halogens is 4. The van der Waals surface area contributed by atoms with Gasteiger partial charge in [-0.05, 0) is 0 Å². The lowest BCUT2D eigenvalue weighted by Crippen LogP contribution is -2.39. The number of nitrogens with zero attached hydrogens (tertiary/aromatic N) is 1. The molecule has 0 spiro atoms. The molecule has 3 nitrogen and oxygen atoms in total. The van der Waals surface area contributed by atoms with Crippen molar-refractivity contribution in [2.75, 3.05) is 18.3 Å². The van der Waals surface area contributed by atoms with Crippen molar-refractivity contribution >= 4 is 21.6 Å². The Morgan fingerprint density at radius 1 is 1.38 bits per heavy atom. The molecule has 0 heterocycles. The molecule has 0 aliphatic carbocycles. The number of hydrogen-bond acceptors (Lipinski definition) is 2. The average Bonchev–Trinajstić information content (AvgIpc) is 1.98. The van der Waals surface area contributed by atoms with Gasteiger partial charge < -0.3 is 0 Å². The Balaban J connectivity index is 4.55. The number of rotatable bonds is 4. The maximum atomic E-state index is 11.8. The van der Waals surface area contributed by atoms with Gasteiger partial charge in [0.1, 0.15) is 11.8 Å². The van der Waals surface area contributed by atoms with Crippen molar-refractivity contribution in [3.05, 3.63) is 0 Å². The van der Waals surface area contributed by atoms with E-state index in [0.717, 1.165) is 0 Å². The predicted molar refractivity (Wildman–Crippen MR) is 42.9 cm³/mol. The number of hydrogen-bond donors (Lipinski definition) is 0. The van der Waals surface area contributed by atoms with E-state index >= 15 is 0 Å². The van der Waals surface area contributed by atoms with E-state index in [1.165, 1.54) is 6.92 Å². The lowest BCUT2D eigenvalue weighted by Gasteiger charge is -2.20.